The predicted octanol–water partition coefficient (Wildman–Crippen LogP) is 4.47. The highest BCUT2D eigenvalue weighted by molar-refractivity contribution is 6.33. The number of aromatic nitrogens is 3. The van der Waals surface area contributed by atoms with Crippen LogP contribution in [0.1, 0.15) is 35.1 Å². The van der Waals surface area contributed by atoms with Gasteiger partial charge in [0.2, 0.25) is 0 Å². The summed E-state index contributed by atoms with van der Waals surface area (Å²) in [5.41, 5.74) is 1.87. The van der Waals surface area contributed by atoms with Crippen molar-refractivity contribution in [2.45, 2.75) is 39.3 Å². The molecule has 0 aliphatic carbocycles. The number of carbonyl (C=O) groups excluding carboxylic acids is 1. The monoisotopic (exact) mass is 488 g/mol. The minimum Gasteiger partial charge on any atom is -0.493 e. The summed E-state index contributed by atoms with van der Waals surface area (Å²) < 4.78 is 36.7. The van der Waals surface area contributed by atoms with E-state index in [0.717, 1.165) is 5.69 Å². The van der Waals surface area contributed by atoms with E-state index in [-0.39, 0.29) is 40.5 Å². The molecule has 7 nitrogen and oxygen atoms in total. The van der Waals surface area contributed by atoms with Crippen LogP contribution in [0, 0.1) is 18.8 Å². The maximum atomic E-state index is 13.8. The van der Waals surface area contributed by atoms with Crippen LogP contribution in [0.25, 0.3) is 5.69 Å². The van der Waals surface area contributed by atoms with E-state index in [9.17, 15) is 18.4 Å². The summed E-state index contributed by atoms with van der Waals surface area (Å²) in [4.78, 5) is 30.4. The molecule has 0 radical (unpaired) electrons. The molecule has 5 rings (SSSR count). The summed E-state index contributed by atoms with van der Waals surface area (Å²) in [5.74, 6) is -0.326. The summed E-state index contributed by atoms with van der Waals surface area (Å²) in [6.45, 7) is 4.31. The molecule has 0 saturated carbocycles. The lowest BCUT2D eigenvalue weighted by Gasteiger charge is -2.29. The molecule has 0 fully saturated rings. The van der Waals surface area contributed by atoms with Crippen molar-refractivity contribution in [2.75, 3.05) is 11.9 Å². The van der Waals surface area contributed by atoms with Gasteiger partial charge in [-0.25, -0.2) is 4.98 Å². The molecule has 10 heteroatoms. The number of ether oxygens (including phenoxy) is 1. The van der Waals surface area contributed by atoms with Gasteiger partial charge in [-0.15, -0.1) is 0 Å². The molecule has 2 aliphatic heterocycles. The zero-order valence-electron chi connectivity index (χ0n) is 18.6. The van der Waals surface area contributed by atoms with Gasteiger partial charge >= 0.3 is 6.05 Å². The molecular formula is C24H23ClF2N4O3. The van der Waals surface area contributed by atoms with Gasteiger partial charge in [0.15, 0.2) is 5.78 Å². The van der Waals surface area contributed by atoms with Crippen LogP contribution in [0.2, 0.25) is 5.02 Å². The van der Waals surface area contributed by atoms with Gasteiger partial charge < -0.3 is 19.2 Å². The lowest BCUT2D eigenvalue weighted by atomic mass is 9.84. The van der Waals surface area contributed by atoms with Gasteiger partial charge in [0, 0.05) is 30.1 Å². The largest absolute Gasteiger partial charge is 0.493 e. The average Bonchev–Trinajstić information content (AvgIpc) is 3.36. The summed E-state index contributed by atoms with van der Waals surface area (Å²) in [5, 5.41) is 2.35. The standard InChI is InChI=1S/C24H23ClF2N4O3/c1-13(11-34-20-6-3-17(25)21-16(20)9-24(26,27)29-21)15-7-8-31-18(22(15)32)4-5-19(23(31)33)30-10-14(2)28-12-30/h3-6,10,12-13,15,29H,7-9,11H2,1-2H3/t13-,15?/m1/s1. The van der Waals surface area contributed by atoms with E-state index in [0.29, 0.717) is 35.7 Å². The SMILES string of the molecule is Cc1cn(-c2ccc3n(c2=O)CCC([C@H](C)COc2ccc(Cl)c4c2CC(F)(F)N4)C3=O)cn1. The van der Waals surface area contributed by atoms with Gasteiger partial charge in [-0.1, -0.05) is 18.5 Å². The summed E-state index contributed by atoms with van der Waals surface area (Å²) >= 11 is 6.06. The van der Waals surface area contributed by atoms with Crippen LogP contribution in [0.4, 0.5) is 14.5 Å². The molecule has 178 valence electrons. The lowest BCUT2D eigenvalue weighted by molar-refractivity contribution is 0.0404. The fourth-order valence-electron chi connectivity index (χ4n) is 4.72. The highest BCUT2D eigenvalue weighted by Crippen LogP contribution is 2.44. The number of hydrogen-bond donors (Lipinski definition) is 1. The van der Waals surface area contributed by atoms with E-state index in [4.69, 9.17) is 16.3 Å². The Hall–Kier alpha value is -3.20. The van der Waals surface area contributed by atoms with E-state index in [1.165, 1.54) is 10.6 Å². The van der Waals surface area contributed by atoms with Crippen molar-refractivity contribution in [3.8, 4) is 11.4 Å². The van der Waals surface area contributed by atoms with Crippen molar-refractivity contribution in [2.24, 2.45) is 11.8 Å². The topological polar surface area (TPSA) is 78.1 Å². The van der Waals surface area contributed by atoms with Crippen molar-refractivity contribution >= 4 is 23.1 Å². The molecule has 1 aromatic carbocycles. The molecule has 0 spiro atoms. The number of hydrogen-bond acceptors (Lipinski definition) is 5. The highest BCUT2D eigenvalue weighted by atomic mass is 35.5. The van der Waals surface area contributed by atoms with Crippen molar-refractivity contribution in [1.29, 1.82) is 0 Å². The van der Waals surface area contributed by atoms with Gasteiger partial charge in [-0.2, -0.15) is 8.78 Å². The zero-order chi connectivity index (χ0) is 24.2. The molecule has 2 atom stereocenters. The van der Waals surface area contributed by atoms with Crippen molar-refractivity contribution in [3.05, 3.63) is 69.1 Å². The number of nitrogens with zero attached hydrogens (tertiary/aromatic N) is 3. The number of Topliss-reactive ketones (excluding diaryl/α,β-unsaturated/α-hetero) is 1. The maximum Gasteiger partial charge on any atom is 0.327 e. The molecule has 1 N–H and O–H groups in total. The summed E-state index contributed by atoms with van der Waals surface area (Å²) in [6, 6.07) is 3.33. The Morgan fingerprint density at radius 1 is 1.29 bits per heavy atom. The van der Waals surface area contributed by atoms with E-state index in [1.807, 2.05) is 13.8 Å². The van der Waals surface area contributed by atoms with Crippen molar-refractivity contribution in [3.63, 3.8) is 0 Å². The number of carbonyl (C=O) groups is 1. The molecule has 2 aromatic heterocycles. The smallest absolute Gasteiger partial charge is 0.327 e. The van der Waals surface area contributed by atoms with Gasteiger partial charge in [-0.3, -0.25) is 9.59 Å². The van der Waals surface area contributed by atoms with E-state index in [1.54, 1.807) is 35.3 Å². The number of ketones is 1. The first-order valence-corrected chi connectivity index (χ1v) is 11.4. The predicted molar refractivity (Wildman–Crippen MR) is 123 cm³/mol. The van der Waals surface area contributed by atoms with Gasteiger partial charge in [0.05, 0.1) is 41.5 Å². The quantitative estimate of drug-likeness (QED) is 0.536. The van der Waals surface area contributed by atoms with E-state index < -0.39 is 12.5 Å². The first-order chi connectivity index (χ1) is 16.1. The Kier molecular flexibility index (Phi) is 5.47. The van der Waals surface area contributed by atoms with E-state index >= 15 is 0 Å². The molecule has 2 aliphatic rings. The fourth-order valence-corrected chi connectivity index (χ4v) is 4.94. The first kappa shape index (κ1) is 22.6. The molecule has 0 bridgehead atoms. The molecule has 3 aromatic rings. The minimum absolute atomic E-state index is 0.123. The number of alkyl halides is 2. The number of halogens is 3. The van der Waals surface area contributed by atoms with Crippen LogP contribution in [0.15, 0.2) is 41.6 Å². The van der Waals surface area contributed by atoms with Crippen molar-refractivity contribution < 1.29 is 18.3 Å². The van der Waals surface area contributed by atoms with Crippen LogP contribution in [0.5, 0.6) is 5.75 Å². The molecule has 0 amide bonds. The van der Waals surface area contributed by atoms with E-state index in [2.05, 4.69) is 10.3 Å². The number of pyridine rings is 1. The normalized spacial score (nSPS) is 19.3. The Morgan fingerprint density at radius 3 is 2.82 bits per heavy atom. The number of anilines is 1. The summed E-state index contributed by atoms with van der Waals surface area (Å²) in [7, 11) is 0. The van der Waals surface area contributed by atoms with Crippen LogP contribution < -0.4 is 15.6 Å². The maximum absolute atomic E-state index is 13.8. The Bertz CT molecular complexity index is 1350. The van der Waals surface area contributed by atoms with Crippen LogP contribution in [-0.4, -0.2) is 32.6 Å². The molecule has 34 heavy (non-hydrogen) atoms. The van der Waals surface area contributed by atoms with Gasteiger partial charge in [0.25, 0.3) is 5.56 Å². The van der Waals surface area contributed by atoms with Crippen LogP contribution in [-0.2, 0) is 13.0 Å². The third-order valence-corrected chi connectivity index (χ3v) is 6.83. The Balaban J connectivity index is 1.33. The van der Waals surface area contributed by atoms with Gasteiger partial charge in [-0.05, 0) is 37.6 Å². The zero-order valence-corrected chi connectivity index (χ0v) is 19.4. The molecular weight excluding hydrogens is 466 g/mol. The lowest BCUT2D eigenvalue weighted by Crippen LogP contribution is -2.39. The highest BCUT2D eigenvalue weighted by Gasteiger charge is 2.40. The van der Waals surface area contributed by atoms with Crippen molar-refractivity contribution in [1.82, 2.24) is 14.1 Å². The second-order valence-electron chi connectivity index (χ2n) is 8.94. The second-order valence-corrected chi connectivity index (χ2v) is 9.34. The fraction of sp³-hybridized carbons (Fsp3) is 0.375. The Labute approximate surface area is 199 Å². The van der Waals surface area contributed by atoms with Crippen LogP contribution in [0.3, 0.4) is 0 Å². The number of nitrogens with one attached hydrogen (secondary N) is 1. The molecule has 0 saturated heterocycles. The van der Waals surface area contributed by atoms with Crippen LogP contribution >= 0.6 is 11.6 Å². The molecule has 1 unspecified atom stereocenters. The second kappa shape index (κ2) is 8.23. The summed E-state index contributed by atoms with van der Waals surface area (Å²) in [6.07, 6.45) is 3.31. The number of imidazole rings is 1. The Morgan fingerprint density at radius 2 is 2.09 bits per heavy atom. The number of rotatable bonds is 5. The number of benzene rings is 1. The average molecular weight is 489 g/mol. The van der Waals surface area contributed by atoms with Gasteiger partial charge in [0.1, 0.15) is 11.4 Å². The number of aryl methyl sites for hydroxylation is 1. The number of fused-ring (bicyclic) bond motifs is 2. The third kappa shape index (κ3) is 3.87. The first-order valence-electron chi connectivity index (χ1n) is 11.0. The minimum atomic E-state index is -3.08. The third-order valence-electron chi connectivity index (χ3n) is 6.51. The molecule has 4 heterocycles.